The summed E-state index contributed by atoms with van der Waals surface area (Å²) in [7, 11) is 0. The van der Waals surface area contributed by atoms with E-state index in [1.54, 1.807) is 0 Å². The zero-order valence-corrected chi connectivity index (χ0v) is 11.7. The first-order valence-electron chi connectivity index (χ1n) is 6.66. The van der Waals surface area contributed by atoms with Crippen molar-refractivity contribution < 1.29 is 0 Å². The number of nitrogens with one attached hydrogen (secondary N) is 1. The van der Waals surface area contributed by atoms with Crippen LogP contribution < -0.4 is 5.32 Å². The van der Waals surface area contributed by atoms with Crippen molar-refractivity contribution in [1.82, 2.24) is 15.2 Å². The molecule has 18 heavy (non-hydrogen) atoms. The molecule has 2 aliphatic heterocycles. The van der Waals surface area contributed by atoms with Gasteiger partial charge in [-0.1, -0.05) is 6.07 Å². The lowest BCUT2D eigenvalue weighted by molar-refractivity contribution is 0.142. The molecule has 0 spiro atoms. The Balaban J connectivity index is 0.00000120. The van der Waals surface area contributed by atoms with E-state index in [2.05, 4.69) is 28.2 Å². The Morgan fingerprint density at radius 3 is 3.06 bits per heavy atom. The maximum Gasteiger partial charge on any atom is 0.0417 e. The average molecular weight is 268 g/mol. The fraction of sp³-hybridized carbons (Fsp3) is 0.643. The van der Waals surface area contributed by atoms with Gasteiger partial charge >= 0.3 is 0 Å². The van der Waals surface area contributed by atoms with Gasteiger partial charge in [-0.05, 0) is 56.4 Å². The Morgan fingerprint density at radius 2 is 2.22 bits per heavy atom. The molecule has 2 fully saturated rings. The summed E-state index contributed by atoms with van der Waals surface area (Å²) in [5.74, 6) is 1.81. The fourth-order valence-corrected chi connectivity index (χ4v) is 3.18. The van der Waals surface area contributed by atoms with Gasteiger partial charge in [-0.3, -0.25) is 9.88 Å². The molecule has 2 unspecified atom stereocenters. The molecule has 4 heteroatoms. The number of rotatable bonds is 2. The SMILES string of the molecule is Cc1ncccc1CN1CCC2CNCC2C1.Cl. The molecule has 0 aromatic carbocycles. The minimum absolute atomic E-state index is 0. The summed E-state index contributed by atoms with van der Waals surface area (Å²) in [5, 5.41) is 3.52. The lowest BCUT2D eigenvalue weighted by atomic mass is 9.88. The van der Waals surface area contributed by atoms with E-state index < -0.39 is 0 Å². The van der Waals surface area contributed by atoms with Gasteiger partial charge < -0.3 is 5.32 Å². The lowest BCUT2D eigenvalue weighted by Gasteiger charge is -2.34. The smallest absolute Gasteiger partial charge is 0.0417 e. The van der Waals surface area contributed by atoms with E-state index in [1.807, 2.05) is 12.3 Å². The van der Waals surface area contributed by atoms with E-state index >= 15 is 0 Å². The molecule has 2 saturated heterocycles. The molecule has 0 amide bonds. The van der Waals surface area contributed by atoms with Gasteiger partial charge in [-0.15, -0.1) is 12.4 Å². The molecular formula is C14H22ClN3. The van der Waals surface area contributed by atoms with Crippen LogP contribution in [-0.4, -0.2) is 36.1 Å². The molecule has 1 aromatic rings. The van der Waals surface area contributed by atoms with Gasteiger partial charge in [0, 0.05) is 25.0 Å². The maximum atomic E-state index is 4.37. The van der Waals surface area contributed by atoms with E-state index in [9.17, 15) is 0 Å². The number of likely N-dealkylation sites (tertiary alicyclic amines) is 1. The molecule has 100 valence electrons. The van der Waals surface area contributed by atoms with Crippen LogP contribution in [0.15, 0.2) is 18.3 Å². The van der Waals surface area contributed by atoms with Crippen LogP contribution in [-0.2, 0) is 6.54 Å². The molecule has 0 bridgehead atoms. The number of halogens is 1. The van der Waals surface area contributed by atoms with Gasteiger partial charge in [-0.25, -0.2) is 0 Å². The zero-order valence-electron chi connectivity index (χ0n) is 10.9. The number of nitrogens with zero attached hydrogens (tertiary/aromatic N) is 2. The van der Waals surface area contributed by atoms with E-state index in [-0.39, 0.29) is 12.4 Å². The van der Waals surface area contributed by atoms with Crippen molar-refractivity contribution in [3.8, 4) is 0 Å². The van der Waals surface area contributed by atoms with Crippen molar-refractivity contribution in [2.75, 3.05) is 26.2 Å². The second-order valence-corrected chi connectivity index (χ2v) is 5.45. The third kappa shape index (κ3) is 2.85. The monoisotopic (exact) mass is 267 g/mol. The fourth-order valence-electron chi connectivity index (χ4n) is 3.18. The molecule has 3 nitrogen and oxygen atoms in total. The number of hydrogen-bond donors (Lipinski definition) is 1. The predicted molar refractivity (Wildman–Crippen MR) is 76.0 cm³/mol. The number of fused-ring (bicyclic) bond motifs is 1. The summed E-state index contributed by atoms with van der Waals surface area (Å²) in [5.41, 5.74) is 2.57. The Bertz CT molecular complexity index is 396. The lowest BCUT2D eigenvalue weighted by Crippen LogP contribution is -2.39. The largest absolute Gasteiger partial charge is 0.316 e. The predicted octanol–water partition coefficient (Wildman–Crippen LogP) is 1.85. The first-order valence-corrected chi connectivity index (χ1v) is 6.66. The molecule has 1 N–H and O–H groups in total. The highest BCUT2D eigenvalue weighted by molar-refractivity contribution is 5.85. The Labute approximate surface area is 115 Å². The summed E-state index contributed by atoms with van der Waals surface area (Å²) in [6, 6.07) is 4.26. The minimum Gasteiger partial charge on any atom is -0.316 e. The van der Waals surface area contributed by atoms with Crippen LogP contribution >= 0.6 is 12.4 Å². The number of piperidine rings is 1. The Kier molecular flexibility index (Phi) is 4.60. The highest BCUT2D eigenvalue weighted by Gasteiger charge is 2.32. The number of pyridine rings is 1. The third-order valence-electron chi connectivity index (χ3n) is 4.30. The summed E-state index contributed by atoms with van der Waals surface area (Å²) < 4.78 is 0. The van der Waals surface area contributed by atoms with E-state index in [0.29, 0.717) is 0 Å². The quantitative estimate of drug-likeness (QED) is 0.887. The van der Waals surface area contributed by atoms with Crippen LogP contribution in [0.1, 0.15) is 17.7 Å². The van der Waals surface area contributed by atoms with Crippen molar-refractivity contribution in [1.29, 1.82) is 0 Å². The molecule has 2 aliphatic rings. The number of aromatic nitrogens is 1. The van der Waals surface area contributed by atoms with Crippen LogP contribution in [0.3, 0.4) is 0 Å². The third-order valence-corrected chi connectivity index (χ3v) is 4.30. The van der Waals surface area contributed by atoms with Crippen LogP contribution in [0.4, 0.5) is 0 Å². The van der Waals surface area contributed by atoms with Crippen molar-refractivity contribution in [2.45, 2.75) is 19.9 Å². The molecule has 3 heterocycles. The van der Waals surface area contributed by atoms with Crippen molar-refractivity contribution in [2.24, 2.45) is 11.8 Å². The maximum absolute atomic E-state index is 4.37. The van der Waals surface area contributed by atoms with Gasteiger partial charge in [0.15, 0.2) is 0 Å². The summed E-state index contributed by atoms with van der Waals surface area (Å²) in [6.45, 7) is 8.14. The molecular weight excluding hydrogens is 246 g/mol. The summed E-state index contributed by atoms with van der Waals surface area (Å²) >= 11 is 0. The van der Waals surface area contributed by atoms with Crippen molar-refractivity contribution in [3.05, 3.63) is 29.6 Å². The zero-order chi connectivity index (χ0) is 11.7. The van der Waals surface area contributed by atoms with Crippen LogP contribution in [0.25, 0.3) is 0 Å². The van der Waals surface area contributed by atoms with Gasteiger partial charge in [0.2, 0.25) is 0 Å². The van der Waals surface area contributed by atoms with Crippen molar-refractivity contribution in [3.63, 3.8) is 0 Å². The van der Waals surface area contributed by atoms with E-state index in [4.69, 9.17) is 0 Å². The minimum atomic E-state index is 0. The molecule has 2 atom stereocenters. The summed E-state index contributed by atoms with van der Waals surface area (Å²) in [4.78, 5) is 6.97. The second kappa shape index (κ2) is 6.00. The Hall–Kier alpha value is -0.640. The average Bonchev–Trinajstić information content (AvgIpc) is 2.79. The number of aryl methyl sites for hydroxylation is 1. The molecule has 0 aliphatic carbocycles. The highest BCUT2D eigenvalue weighted by atomic mass is 35.5. The molecule has 3 rings (SSSR count). The van der Waals surface area contributed by atoms with E-state index in [1.165, 1.54) is 43.9 Å². The van der Waals surface area contributed by atoms with E-state index in [0.717, 1.165) is 18.4 Å². The van der Waals surface area contributed by atoms with Gasteiger partial charge in [0.05, 0.1) is 0 Å². The summed E-state index contributed by atoms with van der Waals surface area (Å²) in [6.07, 6.45) is 3.24. The first kappa shape index (κ1) is 13.8. The normalized spacial score (nSPS) is 27.6. The first-order chi connectivity index (χ1) is 8.33. The number of hydrogen-bond acceptors (Lipinski definition) is 3. The van der Waals surface area contributed by atoms with Crippen LogP contribution in [0.5, 0.6) is 0 Å². The van der Waals surface area contributed by atoms with Crippen LogP contribution in [0.2, 0.25) is 0 Å². The topological polar surface area (TPSA) is 28.2 Å². The second-order valence-electron chi connectivity index (χ2n) is 5.45. The standard InChI is InChI=1S/C14H21N3.ClH/c1-11-13(3-2-5-16-11)9-17-6-4-12-7-15-8-14(12)10-17;/h2-3,5,12,14-15H,4,6-10H2,1H3;1H. The van der Waals surface area contributed by atoms with Crippen LogP contribution in [0, 0.1) is 18.8 Å². The van der Waals surface area contributed by atoms with Gasteiger partial charge in [0.25, 0.3) is 0 Å². The highest BCUT2D eigenvalue weighted by Crippen LogP contribution is 2.27. The van der Waals surface area contributed by atoms with Gasteiger partial charge in [-0.2, -0.15) is 0 Å². The van der Waals surface area contributed by atoms with Crippen molar-refractivity contribution >= 4 is 12.4 Å². The molecule has 1 aromatic heterocycles. The molecule has 0 saturated carbocycles. The Morgan fingerprint density at radius 1 is 1.39 bits per heavy atom. The molecule has 0 radical (unpaired) electrons. The van der Waals surface area contributed by atoms with Gasteiger partial charge in [0.1, 0.15) is 0 Å².